The Labute approximate surface area is 198 Å². The van der Waals surface area contributed by atoms with Crippen LogP contribution in [0, 0.1) is 12.8 Å². The minimum absolute atomic E-state index is 0.123. The molecule has 6 nitrogen and oxygen atoms in total. The zero-order valence-corrected chi connectivity index (χ0v) is 20.2. The van der Waals surface area contributed by atoms with E-state index in [2.05, 4.69) is 22.1 Å². The Kier molecular flexibility index (Phi) is 7.16. The summed E-state index contributed by atoms with van der Waals surface area (Å²) in [5, 5.41) is 10.2. The van der Waals surface area contributed by atoms with Crippen LogP contribution in [0.1, 0.15) is 38.2 Å². The number of aromatic nitrogens is 4. The predicted molar refractivity (Wildman–Crippen MR) is 129 cm³/mol. The highest BCUT2D eigenvalue weighted by molar-refractivity contribution is 7.99. The van der Waals surface area contributed by atoms with Crippen LogP contribution in [0.15, 0.2) is 47.9 Å². The van der Waals surface area contributed by atoms with Gasteiger partial charge >= 0.3 is 0 Å². The fourth-order valence-corrected chi connectivity index (χ4v) is 5.21. The van der Waals surface area contributed by atoms with Gasteiger partial charge in [-0.15, -0.1) is 10.2 Å². The molecule has 168 valence electrons. The van der Waals surface area contributed by atoms with E-state index in [1.165, 1.54) is 24.6 Å². The molecule has 1 amide bonds. The van der Waals surface area contributed by atoms with Crippen molar-refractivity contribution in [2.75, 3.05) is 12.8 Å². The van der Waals surface area contributed by atoms with Gasteiger partial charge in [-0.1, -0.05) is 36.4 Å². The molecule has 2 aromatic heterocycles. The van der Waals surface area contributed by atoms with Gasteiger partial charge in [-0.25, -0.2) is 0 Å². The second-order valence-corrected chi connectivity index (χ2v) is 9.82. The van der Waals surface area contributed by atoms with Crippen molar-refractivity contribution in [3.05, 3.63) is 53.3 Å². The van der Waals surface area contributed by atoms with Crippen molar-refractivity contribution < 1.29 is 4.79 Å². The monoisotopic (exact) mass is 469 g/mol. The molecule has 0 spiro atoms. The number of benzene rings is 1. The van der Waals surface area contributed by atoms with Gasteiger partial charge in [-0.3, -0.25) is 14.3 Å². The SMILES string of the molecule is Cc1c(Cl)cccc1-n1c(SCC(=O)N(C)C2CCC(C)CC2)nnc1-c1ccncc1. The summed E-state index contributed by atoms with van der Waals surface area (Å²) in [5.74, 6) is 1.89. The van der Waals surface area contributed by atoms with Gasteiger partial charge < -0.3 is 4.90 Å². The molecule has 1 aromatic carbocycles. The lowest BCUT2D eigenvalue weighted by Gasteiger charge is -2.33. The first kappa shape index (κ1) is 22.8. The van der Waals surface area contributed by atoms with E-state index < -0.39 is 0 Å². The zero-order chi connectivity index (χ0) is 22.7. The Bertz CT molecular complexity index is 1080. The Morgan fingerprint density at radius 2 is 1.88 bits per heavy atom. The first-order valence-corrected chi connectivity index (χ1v) is 12.3. The fourth-order valence-electron chi connectivity index (χ4n) is 4.17. The molecule has 0 bridgehead atoms. The minimum atomic E-state index is 0.123. The molecule has 1 saturated carbocycles. The van der Waals surface area contributed by atoms with Gasteiger partial charge in [0.1, 0.15) is 0 Å². The third kappa shape index (κ3) is 4.84. The lowest BCUT2D eigenvalue weighted by Crippen LogP contribution is -2.40. The Balaban J connectivity index is 1.59. The van der Waals surface area contributed by atoms with Crippen LogP contribution in [0.5, 0.6) is 0 Å². The summed E-state index contributed by atoms with van der Waals surface area (Å²) in [6.07, 6.45) is 8.00. The number of hydrogen-bond donors (Lipinski definition) is 0. The summed E-state index contributed by atoms with van der Waals surface area (Å²) in [7, 11) is 1.93. The number of nitrogens with zero attached hydrogens (tertiary/aromatic N) is 5. The summed E-state index contributed by atoms with van der Waals surface area (Å²) in [6.45, 7) is 4.27. The maximum absolute atomic E-state index is 13.0. The molecule has 1 aliphatic carbocycles. The van der Waals surface area contributed by atoms with E-state index in [0.29, 0.717) is 27.8 Å². The molecule has 0 aliphatic heterocycles. The Hall–Kier alpha value is -2.38. The summed E-state index contributed by atoms with van der Waals surface area (Å²) in [4.78, 5) is 19.0. The number of amides is 1. The normalized spacial score (nSPS) is 18.5. The van der Waals surface area contributed by atoms with Crippen LogP contribution >= 0.6 is 23.4 Å². The first-order valence-electron chi connectivity index (χ1n) is 11.0. The standard InChI is InChI=1S/C24H28ClN5OS/c1-16-7-9-19(10-8-16)29(3)22(31)15-32-24-28-27-23(18-11-13-26-14-12-18)30(24)21-6-4-5-20(25)17(21)2/h4-6,11-14,16,19H,7-10,15H2,1-3H3. The van der Waals surface area contributed by atoms with Crippen molar-refractivity contribution in [2.24, 2.45) is 5.92 Å². The van der Waals surface area contributed by atoms with Crippen molar-refractivity contribution in [1.82, 2.24) is 24.6 Å². The molecule has 1 aliphatic rings. The zero-order valence-electron chi connectivity index (χ0n) is 18.7. The summed E-state index contributed by atoms with van der Waals surface area (Å²) < 4.78 is 1.98. The number of rotatable bonds is 6. The molecule has 3 aromatic rings. The third-order valence-electron chi connectivity index (χ3n) is 6.30. The lowest BCUT2D eigenvalue weighted by atomic mass is 9.87. The molecule has 0 radical (unpaired) electrons. The van der Waals surface area contributed by atoms with Gasteiger partial charge in [0.2, 0.25) is 5.91 Å². The molecular formula is C24H28ClN5OS. The summed E-state index contributed by atoms with van der Waals surface area (Å²) in [6, 6.07) is 9.91. The van der Waals surface area contributed by atoms with E-state index >= 15 is 0 Å². The highest BCUT2D eigenvalue weighted by atomic mass is 35.5. The number of pyridine rings is 1. The average molecular weight is 470 g/mol. The lowest BCUT2D eigenvalue weighted by molar-refractivity contribution is -0.129. The third-order valence-corrected chi connectivity index (χ3v) is 7.63. The number of carbonyl (C=O) groups is 1. The van der Waals surface area contributed by atoms with Crippen molar-refractivity contribution in [3.8, 4) is 17.1 Å². The smallest absolute Gasteiger partial charge is 0.233 e. The number of carbonyl (C=O) groups excluding carboxylic acids is 1. The highest BCUT2D eigenvalue weighted by Crippen LogP contribution is 2.32. The van der Waals surface area contributed by atoms with E-state index in [-0.39, 0.29) is 5.91 Å². The summed E-state index contributed by atoms with van der Waals surface area (Å²) in [5.41, 5.74) is 2.74. The second-order valence-electron chi connectivity index (χ2n) is 8.47. The molecule has 8 heteroatoms. The first-order chi connectivity index (χ1) is 15.5. The van der Waals surface area contributed by atoms with E-state index in [1.807, 2.05) is 53.8 Å². The molecule has 0 unspecified atom stereocenters. The van der Waals surface area contributed by atoms with Gasteiger partial charge in [0, 0.05) is 36.1 Å². The van der Waals surface area contributed by atoms with Crippen LogP contribution in [0.3, 0.4) is 0 Å². The van der Waals surface area contributed by atoms with Gasteiger partial charge in [0.15, 0.2) is 11.0 Å². The van der Waals surface area contributed by atoms with E-state index in [9.17, 15) is 4.79 Å². The van der Waals surface area contributed by atoms with E-state index in [0.717, 1.165) is 35.6 Å². The summed E-state index contributed by atoms with van der Waals surface area (Å²) >= 11 is 7.83. The van der Waals surface area contributed by atoms with Crippen LogP contribution in [0.2, 0.25) is 5.02 Å². The van der Waals surface area contributed by atoms with Crippen LogP contribution in [0.4, 0.5) is 0 Å². The molecule has 0 saturated heterocycles. The topological polar surface area (TPSA) is 63.9 Å². The highest BCUT2D eigenvalue weighted by Gasteiger charge is 2.26. The molecule has 0 N–H and O–H groups in total. The van der Waals surface area contributed by atoms with Crippen molar-refractivity contribution >= 4 is 29.3 Å². The Morgan fingerprint density at radius 3 is 2.59 bits per heavy atom. The van der Waals surface area contributed by atoms with Crippen molar-refractivity contribution in [3.63, 3.8) is 0 Å². The van der Waals surface area contributed by atoms with Crippen LogP contribution in [-0.4, -0.2) is 49.4 Å². The molecule has 1 fully saturated rings. The molecule has 32 heavy (non-hydrogen) atoms. The Morgan fingerprint density at radius 1 is 1.16 bits per heavy atom. The fraction of sp³-hybridized carbons (Fsp3) is 0.417. The van der Waals surface area contributed by atoms with Gasteiger partial charge in [-0.05, 0) is 68.4 Å². The van der Waals surface area contributed by atoms with Crippen LogP contribution in [0.25, 0.3) is 17.1 Å². The van der Waals surface area contributed by atoms with E-state index in [1.54, 1.807) is 12.4 Å². The van der Waals surface area contributed by atoms with Gasteiger partial charge in [-0.2, -0.15) is 0 Å². The largest absolute Gasteiger partial charge is 0.342 e. The van der Waals surface area contributed by atoms with E-state index in [4.69, 9.17) is 11.6 Å². The van der Waals surface area contributed by atoms with Crippen LogP contribution in [-0.2, 0) is 4.79 Å². The van der Waals surface area contributed by atoms with Crippen LogP contribution < -0.4 is 0 Å². The predicted octanol–water partition coefficient (Wildman–Crippen LogP) is 5.42. The molecular weight excluding hydrogens is 442 g/mol. The maximum atomic E-state index is 13.0. The maximum Gasteiger partial charge on any atom is 0.233 e. The number of halogens is 1. The average Bonchev–Trinajstić information content (AvgIpc) is 3.23. The minimum Gasteiger partial charge on any atom is -0.342 e. The van der Waals surface area contributed by atoms with Gasteiger partial charge in [0.05, 0.1) is 11.4 Å². The second kappa shape index (κ2) is 10.0. The van der Waals surface area contributed by atoms with Crippen molar-refractivity contribution in [1.29, 1.82) is 0 Å². The molecule has 4 rings (SSSR count). The quantitative estimate of drug-likeness (QED) is 0.451. The van der Waals surface area contributed by atoms with Crippen molar-refractivity contribution in [2.45, 2.75) is 50.7 Å². The van der Waals surface area contributed by atoms with Gasteiger partial charge in [0.25, 0.3) is 0 Å². The molecule has 0 atom stereocenters. The number of thioether (sulfide) groups is 1. The molecule has 2 heterocycles. The number of hydrogen-bond acceptors (Lipinski definition) is 5.